The number of carbonyl (C=O) groups excluding carboxylic acids is 1. The number of nitrogens with two attached hydrogens (primary N) is 1. The van der Waals surface area contributed by atoms with Crippen molar-refractivity contribution in [2.45, 2.75) is 25.4 Å². The van der Waals surface area contributed by atoms with Gasteiger partial charge in [-0.1, -0.05) is 6.07 Å². The average Bonchev–Trinajstić information content (AvgIpc) is 3.00. The third-order valence-electron chi connectivity index (χ3n) is 4.29. The van der Waals surface area contributed by atoms with Crippen LogP contribution in [0.4, 0.5) is 11.4 Å². The third-order valence-corrected chi connectivity index (χ3v) is 4.29. The summed E-state index contributed by atoms with van der Waals surface area (Å²) in [5.41, 5.74) is 7.75. The first-order valence-corrected chi connectivity index (χ1v) is 7.72. The zero-order chi connectivity index (χ0) is 14.7. The molecule has 1 unspecified atom stereocenters. The van der Waals surface area contributed by atoms with Crippen molar-refractivity contribution >= 4 is 17.3 Å². The second-order valence-corrected chi connectivity index (χ2v) is 5.80. The zero-order valence-electron chi connectivity index (χ0n) is 12.3. The second-order valence-electron chi connectivity index (χ2n) is 5.80. The van der Waals surface area contributed by atoms with Gasteiger partial charge in [-0.15, -0.1) is 0 Å². The number of rotatable bonds is 3. The third kappa shape index (κ3) is 3.47. The molecule has 2 saturated heterocycles. The Morgan fingerprint density at radius 2 is 2.10 bits per heavy atom. The van der Waals surface area contributed by atoms with Crippen LogP contribution in [0, 0.1) is 0 Å². The number of hydrogen-bond acceptors (Lipinski definition) is 4. The van der Waals surface area contributed by atoms with E-state index in [1.54, 1.807) is 0 Å². The molecule has 2 N–H and O–H groups in total. The predicted molar refractivity (Wildman–Crippen MR) is 83.2 cm³/mol. The molecular weight excluding hydrogens is 266 g/mol. The first-order valence-electron chi connectivity index (χ1n) is 7.72. The number of anilines is 2. The van der Waals surface area contributed by atoms with E-state index in [2.05, 4.69) is 11.0 Å². The lowest BCUT2D eigenvalue weighted by Gasteiger charge is -2.36. The highest BCUT2D eigenvalue weighted by Crippen LogP contribution is 2.20. The molecule has 2 heterocycles. The second kappa shape index (κ2) is 6.35. The standard InChI is InChI=1S/C16H23N3O2/c17-13-3-1-4-14(11-13)18-6-8-19(9-7-18)16(20)12-15-5-2-10-21-15/h1,3-4,11,15H,2,5-10,12,17H2. The van der Waals surface area contributed by atoms with Crippen molar-refractivity contribution in [2.75, 3.05) is 43.4 Å². The SMILES string of the molecule is Nc1cccc(N2CCN(C(=O)CC3CCCO3)CC2)c1. The number of benzene rings is 1. The Kier molecular flexibility index (Phi) is 4.29. The Morgan fingerprint density at radius 1 is 1.29 bits per heavy atom. The van der Waals surface area contributed by atoms with Gasteiger partial charge in [0.2, 0.25) is 5.91 Å². The number of carbonyl (C=O) groups is 1. The highest BCUT2D eigenvalue weighted by molar-refractivity contribution is 5.77. The summed E-state index contributed by atoms with van der Waals surface area (Å²) >= 11 is 0. The molecule has 114 valence electrons. The van der Waals surface area contributed by atoms with Gasteiger partial charge in [-0.25, -0.2) is 0 Å². The molecule has 0 spiro atoms. The van der Waals surface area contributed by atoms with Crippen molar-refractivity contribution in [3.63, 3.8) is 0 Å². The Balaban J connectivity index is 1.51. The van der Waals surface area contributed by atoms with Crippen LogP contribution in [0.3, 0.4) is 0 Å². The van der Waals surface area contributed by atoms with Crippen LogP contribution in [-0.2, 0) is 9.53 Å². The summed E-state index contributed by atoms with van der Waals surface area (Å²) in [6.45, 7) is 4.09. The Morgan fingerprint density at radius 3 is 2.76 bits per heavy atom. The Hall–Kier alpha value is -1.75. The van der Waals surface area contributed by atoms with Crippen LogP contribution in [-0.4, -0.2) is 49.7 Å². The molecule has 1 atom stereocenters. The highest BCUT2D eigenvalue weighted by atomic mass is 16.5. The van der Waals surface area contributed by atoms with Crippen LogP contribution in [0.25, 0.3) is 0 Å². The van der Waals surface area contributed by atoms with Gasteiger partial charge in [0, 0.05) is 44.2 Å². The molecule has 0 aliphatic carbocycles. The van der Waals surface area contributed by atoms with Crippen LogP contribution in [0.15, 0.2) is 24.3 Å². The summed E-state index contributed by atoms with van der Waals surface area (Å²) in [6.07, 6.45) is 2.79. The molecule has 5 heteroatoms. The molecule has 0 saturated carbocycles. The summed E-state index contributed by atoms with van der Waals surface area (Å²) in [5, 5.41) is 0. The minimum absolute atomic E-state index is 0.143. The zero-order valence-corrected chi connectivity index (χ0v) is 12.3. The molecule has 2 aliphatic heterocycles. The van der Waals surface area contributed by atoms with Crippen LogP contribution in [0.2, 0.25) is 0 Å². The van der Waals surface area contributed by atoms with Crippen molar-refractivity contribution in [3.8, 4) is 0 Å². The van der Waals surface area contributed by atoms with Crippen LogP contribution in [0.1, 0.15) is 19.3 Å². The fourth-order valence-corrected chi connectivity index (χ4v) is 3.06. The van der Waals surface area contributed by atoms with E-state index < -0.39 is 0 Å². The van der Waals surface area contributed by atoms with Gasteiger partial charge in [0.25, 0.3) is 0 Å². The van der Waals surface area contributed by atoms with E-state index in [9.17, 15) is 4.79 Å². The summed E-state index contributed by atoms with van der Waals surface area (Å²) in [5.74, 6) is 0.231. The Labute approximate surface area is 125 Å². The number of piperazine rings is 1. The first kappa shape index (κ1) is 14.2. The van der Waals surface area contributed by atoms with E-state index >= 15 is 0 Å². The van der Waals surface area contributed by atoms with E-state index in [-0.39, 0.29) is 12.0 Å². The van der Waals surface area contributed by atoms with Crippen molar-refractivity contribution in [2.24, 2.45) is 0 Å². The fraction of sp³-hybridized carbons (Fsp3) is 0.562. The van der Waals surface area contributed by atoms with Gasteiger partial charge in [-0.05, 0) is 31.0 Å². The number of nitrogens with zero attached hydrogens (tertiary/aromatic N) is 2. The maximum absolute atomic E-state index is 12.3. The smallest absolute Gasteiger partial charge is 0.225 e. The van der Waals surface area contributed by atoms with Crippen molar-refractivity contribution in [1.29, 1.82) is 0 Å². The number of hydrogen-bond donors (Lipinski definition) is 1. The van der Waals surface area contributed by atoms with Crippen LogP contribution >= 0.6 is 0 Å². The lowest BCUT2D eigenvalue weighted by Crippen LogP contribution is -2.49. The molecule has 1 aromatic carbocycles. The summed E-state index contributed by atoms with van der Waals surface area (Å²) in [7, 11) is 0. The number of nitrogen functional groups attached to an aromatic ring is 1. The van der Waals surface area contributed by atoms with Crippen LogP contribution in [0.5, 0.6) is 0 Å². The van der Waals surface area contributed by atoms with Gasteiger partial charge in [0.15, 0.2) is 0 Å². The molecule has 1 amide bonds. The minimum atomic E-state index is 0.143. The lowest BCUT2D eigenvalue weighted by molar-refractivity contribution is -0.133. The van der Waals surface area contributed by atoms with Crippen LogP contribution < -0.4 is 10.6 Å². The number of ether oxygens (including phenoxy) is 1. The van der Waals surface area contributed by atoms with Crippen molar-refractivity contribution in [1.82, 2.24) is 4.90 Å². The molecule has 2 fully saturated rings. The van der Waals surface area contributed by atoms with E-state index in [0.717, 1.165) is 57.0 Å². The summed E-state index contributed by atoms with van der Waals surface area (Å²) in [4.78, 5) is 16.5. The first-order chi connectivity index (χ1) is 10.2. The molecular formula is C16H23N3O2. The predicted octanol–water partition coefficient (Wildman–Crippen LogP) is 1.49. The highest BCUT2D eigenvalue weighted by Gasteiger charge is 2.25. The summed E-state index contributed by atoms with van der Waals surface area (Å²) in [6, 6.07) is 7.93. The van der Waals surface area contributed by atoms with Gasteiger partial charge >= 0.3 is 0 Å². The maximum Gasteiger partial charge on any atom is 0.225 e. The maximum atomic E-state index is 12.3. The lowest BCUT2D eigenvalue weighted by atomic mass is 10.1. The minimum Gasteiger partial charge on any atom is -0.399 e. The molecule has 21 heavy (non-hydrogen) atoms. The largest absolute Gasteiger partial charge is 0.399 e. The fourth-order valence-electron chi connectivity index (χ4n) is 3.06. The van der Waals surface area contributed by atoms with Gasteiger partial charge < -0.3 is 20.3 Å². The number of amides is 1. The quantitative estimate of drug-likeness (QED) is 0.857. The van der Waals surface area contributed by atoms with E-state index in [0.29, 0.717) is 6.42 Å². The Bertz CT molecular complexity index is 492. The topological polar surface area (TPSA) is 58.8 Å². The normalized spacial score (nSPS) is 22.6. The van der Waals surface area contributed by atoms with E-state index in [1.165, 1.54) is 0 Å². The molecule has 0 bridgehead atoms. The van der Waals surface area contributed by atoms with Crippen molar-refractivity contribution in [3.05, 3.63) is 24.3 Å². The van der Waals surface area contributed by atoms with Crippen molar-refractivity contribution < 1.29 is 9.53 Å². The van der Waals surface area contributed by atoms with Gasteiger partial charge in [-0.3, -0.25) is 4.79 Å². The monoisotopic (exact) mass is 289 g/mol. The van der Waals surface area contributed by atoms with Gasteiger partial charge in [0.1, 0.15) is 0 Å². The van der Waals surface area contributed by atoms with Gasteiger partial charge in [0.05, 0.1) is 12.5 Å². The molecule has 1 aromatic rings. The van der Waals surface area contributed by atoms with E-state index in [1.807, 2.05) is 23.1 Å². The molecule has 2 aliphatic rings. The summed E-state index contributed by atoms with van der Waals surface area (Å²) < 4.78 is 5.55. The molecule has 0 aromatic heterocycles. The van der Waals surface area contributed by atoms with E-state index in [4.69, 9.17) is 10.5 Å². The average molecular weight is 289 g/mol. The van der Waals surface area contributed by atoms with Gasteiger partial charge in [-0.2, -0.15) is 0 Å². The molecule has 3 rings (SSSR count). The molecule has 0 radical (unpaired) electrons. The molecule has 5 nitrogen and oxygen atoms in total.